The summed E-state index contributed by atoms with van der Waals surface area (Å²) in [5.74, 6) is 0.566. The lowest BCUT2D eigenvalue weighted by molar-refractivity contribution is 0.198. The molecule has 78 valence electrons. The molecular formula is C10H17N3O. The molecule has 0 bridgehead atoms. The summed E-state index contributed by atoms with van der Waals surface area (Å²) < 4.78 is 5.62. The van der Waals surface area contributed by atoms with Crippen LogP contribution in [0.3, 0.4) is 0 Å². The van der Waals surface area contributed by atoms with Crippen molar-refractivity contribution in [2.45, 2.75) is 39.3 Å². The van der Waals surface area contributed by atoms with Gasteiger partial charge in [-0.2, -0.15) is 0 Å². The average Bonchev–Trinajstić information content (AvgIpc) is 2.19. The second kappa shape index (κ2) is 5.54. The first-order valence-electron chi connectivity index (χ1n) is 4.94. The highest BCUT2D eigenvalue weighted by molar-refractivity contribution is 5.16. The summed E-state index contributed by atoms with van der Waals surface area (Å²) >= 11 is 0. The fourth-order valence-corrected chi connectivity index (χ4v) is 1.25. The molecule has 1 rings (SSSR count). The molecule has 1 aromatic rings. The molecule has 4 nitrogen and oxygen atoms in total. The topological polar surface area (TPSA) is 61.0 Å². The van der Waals surface area contributed by atoms with E-state index in [0.717, 1.165) is 18.5 Å². The van der Waals surface area contributed by atoms with E-state index < -0.39 is 0 Å². The first-order valence-corrected chi connectivity index (χ1v) is 4.94. The van der Waals surface area contributed by atoms with Gasteiger partial charge in [-0.15, -0.1) is 0 Å². The Morgan fingerprint density at radius 2 is 2.14 bits per heavy atom. The molecule has 0 aliphatic heterocycles. The number of aromatic nitrogens is 2. The van der Waals surface area contributed by atoms with Gasteiger partial charge in [0, 0.05) is 18.9 Å². The van der Waals surface area contributed by atoms with Crippen molar-refractivity contribution in [3.8, 4) is 5.88 Å². The Bertz CT molecular complexity index is 278. The van der Waals surface area contributed by atoms with E-state index in [0.29, 0.717) is 12.4 Å². The van der Waals surface area contributed by atoms with Crippen LogP contribution in [0.4, 0.5) is 0 Å². The van der Waals surface area contributed by atoms with Gasteiger partial charge >= 0.3 is 0 Å². The Morgan fingerprint density at radius 3 is 2.79 bits per heavy atom. The number of nitrogens with two attached hydrogens (primary N) is 1. The van der Waals surface area contributed by atoms with E-state index in [1.807, 2.05) is 6.92 Å². The summed E-state index contributed by atoms with van der Waals surface area (Å²) in [4.78, 5) is 8.20. The van der Waals surface area contributed by atoms with Crippen molar-refractivity contribution in [2.75, 3.05) is 0 Å². The SMILES string of the molecule is CCCC(C)Oc1nccnc1CN. The number of rotatable bonds is 5. The van der Waals surface area contributed by atoms with E-state index in [2.05, 4.69) is 16.9 Å². The predicted octanol–water partition coefficient (Wildman–Crippen LogP) is 1.50. The molecule has 1 aromatic heterocycles. The molecule has 1 atom stereocenters. The van der Waals surface area contributed by atoms with Crippen LogP contribution < -0.4 is 10.5 Å². The zero-order valence-electron chi connectivity index (χ0n) is 8.73. The summed E-state index contributed by atoms with van der Waals surface area (Å²) in [5.41, 5.74) is 6.24. The molecule has 0 saturated heterocycles. The van der Waals surface area contributed by atoms with Crippen LogP contribution in [0.2, 0.25) is 0 Å². The average molecular weight is 195 g/mol. The Hall–Kier alpha value is -1.16. The molecule has 0 aliphatic rings. The van der Waals surface area contributed by atoms with Crippen LogP contribution in [-0.4, -0.2) is 16.1 Å². The quantitative estimate of drug-likeness (QED) is 0.773. The molecule has 1 unspecified atom stereocenters. The van der Waals surface area contributed by atoms with Crippen LogP contribution in [0.5, 0.6) is 5.88 Å². The summed E-state index contributed by atoms with van der Waals surface area (Å²) in [7, 11) is 0. The number of ether oxygens (including phenoxy) is 1. The van der Waals surface area contributed by atoms with E-state index >= 15 is 0 Å². The number of nitrogens with zero attached hydrogens (tertiary/aromatic N) is 2. The molecule has 0 amide bonds. The van der Waals surface area contributed by atoms with Gasteiger partial charge in [0.15, 0.2) is 0 Å². The smallest absolute Gasteiger partial charge is 0.237 e. The van der Waals surface area contributed by atoms with Crippen molar-refractivity contribution in [1.29, 1.82) is 0 Å². The van der Waals surface area contributed by atoms with Crippen molar-refractivity contribution in [2.24, 2.45) is 5.73 Å². The van der Waals surface area contributed by atoms with E-state index in [1.54, 1.807) is 12.4 Å². The lowest BCUT2D eigenvalue weighted by Crippen LogP contribution is -2.15. The van der Waals surface area contributed by atoms with Gasteiger partial charge in [-0.25, -0.2) is 4.98 Å². The lowest BCUT2D eigenvalue weighted by Gasteiger charge is -2.14. The summed E-state index contributed by atoms with van der Waals surface area (Å²) in [6, 6.07) is 0. The maximum atomic E-state index is 5.62. The molecule has 0 radical (unpaired) electrons. The fourth-order valence-electron chi connectivity index (χ4n) is 1.25. The minimum atomic E-state index is 0.169. The van der Waals surface area contributed by atoms with Crippen LogP contribution in [0.25, 0.3) is 0 Å². The Kier molecular flexibility index (Phi) is 4.32. The van der Waals surface area contributed by atoms with Crippen LogP contribution >= 0.6 is 0 Å². The molecule has 0 saturated carbocycles. The maximum absolute atomic E-state index is 5.62. The van der Waals surface area contributed by atoms with Crippen molar-refractivity contribution in [1.82, 2.24) is 9.97 Å². The summed E-state index contributed by atoms with van der Waals surface area (Å²) in [6.45, 7) is 4.51. The highest BCUT2D eigenvalue weighted by Crippen LogP contribution is 2.14. The Balaban J connectivity index is 2.65. The van der Waals surface area contributed by atoms with E-state index in [9.17, 15) is 0 Å². The molecule has 0 fully saturated rings. The van der Waals surface area contributed by atoms with E-state index in [4.69, 9.17) is 10.5 Å². The molecule has 0 aromatic carbocycles. The van der Waals surface area contributed by atoms with Gasteiger partial charge in [-0.05, 0) is 13.3 Å². The van der Waals surface area contributed by atoms with E-state index in [1.165, 1.54) is 0 Å². The van der Waals surface area contributed by atoms with Gasteiger partial charge in [0.2, 0.25) is 5.88 Å². The van der Waals surface area contributed by atoms with Gasteiger partial charge in [0.05, 0.1) is 6.10 Å². The second-order valence-electron chi connectivity index (χ2n) is 3.23. The van der Waals surface area contributed by atoms with Crippen molar-refractivity contribution in [3.05, 3.63) is 18.1 Å². The second-order valence-corrected chi connectivity index (χ2v) is 3.23. The molecule has 0 aliphatic carbocycles. The highest BCUT2D eigenvalue weighted by Gasteiger charge is 2.08. The normalized spacial score (nSPS) is 12.5. The summed E-state index contributed by atoms with van der Waals surface area (Å²) in [5, 5.41) is 0. The van der Waals surface area contributed by atoms with E-state index in [-0.39, 0.29) is 6.10 Å². The first-order chi connectivity index (χ1) is 6.77. The molecule has 0 spiro atoms. The van der Waals surface area contributed by atoms with Gasteiger partial charge < -0.3 is 10.5 Å². The third-order valence-electron chi connectivity index (χ3n) is 1.94. The van der Waals surface area contributed by atoms with Crippen molar-refractivity contribution >= 4 is 0 Å². The largest absolute Gasteiger partial charge is 0.473 e. The predicted molar refractivity (Wildman–Crippen MR) is 54.9 cm³/mol. The molecule has 14 heavy (non-hydrogen) atoms. The van der Waals surface area contributed by atoms with Crippen LogP contribution in [0.15, 0.2) is 12.4 Å². The molecular weight excluding hydrogens is 178 g/mol. The Labute approximate surface area is 84.5 Å². The van der Waals surface area contributed by atoms with Crippen LogP contribution in [-0.2, 0) is 6.54 Å². The minimum Gasteiger partial charge on any atom is -0.473 e. The third-order valence-corrected chi connectivity index (χ3v) is 1.94. The van der Waals surface area contributed by atoms with Crippen LogP contribution in [0.1, 0.15) is 32.4 Å². The highest BCUT2D eigenvalue weighted by atomic mass is 16.5. The standard InChI is InChI=1S/C10H17N3O/c1-3-4-8(2)14-10-9(7-11)12-5-6-13-10/h5-6,8H,3-4,7,11H2,1-2H3. The third kappa shape index (κ3) is 2.96. The number of hydrogen-bond donors (Lipinski definition) is 1. The minimum absolute atomic E-state index is 0.169. The Morgan fingerprint density at radius 1 is 1.43 bits per heavy atom. The zero-order chi connectivity index (χ0) is 10.4. The van der Waals surface area contributed by atoms with Crippen LogP contribution in [0, 0.1) is 0 Å². The monoisotopic (exact) mass is 195 g/mol. The van der Waals surface area contributed by atoms with Gasteiger partial charge in [-0.3, -0.25) is 4.98 Å². The first kappa shape index (κ1) is 10.9. The molecule has 4 heteroatoms. The molecule has 1 heterocycles. The van der Waals surface area contributed by atoms with Gasteiger partial charge in [0.25, 0.3) is 0 Å². The maximum Gasteiger partial charge on any atom is 0.237 e. The fraction of sp³-hybridized carbons (Fsp3) is 0.600. The molecule has 2 N–H and O–H groups in total. The van der Waals surface area contributed by atoms with Crippen molar-refractivity contribution in [3.63, 3.8) is 0 Å². The zero-order valence-corrected chi connectivity index (χ0v) is 8.73. The lowest BCUT2D eigenvalue weighted by atomic mass is 10.2. The number of hydrogen-bond acceptors (Lipinski definition) is 4. The van der Waals surface area contributed by atoms with Gasteiger partial charge in [-0.1, -0.05) is 13.3 Å². The van der Waals surface area contributed by atoms with Gasteiger partial charge in [0.1, 0.15) is 5.69 Å². The van der Waals surface area contributed by atoms with Crippen molar-refractivity contribution < 1.29 is 4.74 Å². The summed E-state index contributed by atoms with van der Waals surface area (Å²) in [6.07, 6.45) is 5.52.